The summed E-state index contributed by atoms with van der Waals surface area (Å²) >= 11 is 0. The molecule has 2 aliphatic carbocycles. The molecule has 0 unspecified atom stereocenters. The van der Waals surface area contributed by atoms with Crippen LogP contribution < -0.4 is 0 Å². The summed E-state index contributed by atoms with van der Waals surface area (Å²) in [6, 6.07) is 0. The Labute approximate surface area is 161 Å². The van der Waals surface area contributed by atoms with Gasteiger partial charge in [-0.25, -0.2) is 4.79 Å². The monoisotopic (exact) mass is 366 g/mol. The predicted molar refractivity (Wildman–Crippen MR) is 107 cm³/mol. The van der Waals surface area contributed by atoms with Crippen molar-refractivity contribution in [3.05, 3.63) is 0 Å². The minimum Gasteiger partial charge on any atom is -0.434 e. The molecule has 0 heterocycles. The summed E-state index contributed by atoms with van der Waals surface area (Å²) in [6.07, 6.45) is 19.4. The van der Waals surface area contributed by atoms with Crippen molar-refractivity contribution < 1.29 is 14.3 Å². The summed E-state index contributed by atoms with van der Waals surface area (Å²) in [4.78, 5) is 11.6. The third-order valence-corrected chi connectivity index (χ3v) is 6.68. The van der Waals surface area contributed by atoms with E-state index in [1.54, 1.807) is 0 Å². The minimum atomic E-state index is -0.463. The highest BCUT2D eigenvalue weighted by atomic mass is 16.7. The van der Waals surface area contributed by atoms with Crippen molar-refractivity contribution in [2.75, 3.05) is 6.61 Å². The second-order valence-electron chi connectivity index (χ2n) is 8.74. The van der Waals surface area contributed by atoms with E-state index in [1.165, 1.54) is 77.0 Å². The average molecular weight is 367 g/mol. The Hall–Kier alpha value is -0.730. The van der Waals surface area contributed by atoms with Crippen molar-refractivity contribution >= 4 is 6.16 Å². The predicted octanol–water partition coefficient (Wildman–Crippen LogP) is 7.28. The van der Waals surface area contributed by atoms with E-state index in [-0.39, 0.29) is 6.10 Å². The fourth-order valence-corrected chi connectivity index (χ4v) is 5.02. The number of unbranched alkanes of at least 4 members (excludes halogenated alkanes) is 4. The van der Waals surface area contributed by atoms with Crippen molar-refractivity contribution in [2.24, 2.45) is 17.8 Å². The van der Waals surface area contributed by atoms with E-state index in [9.17, 15) is 4.79 Å². The standard InChI is InChI=1S/C23H42O3/c1-3-5-6-7-8-9-19-10-12-20(13-11-19)21-14-16-22(17-15-21)26-23(24)25-18-4-2/h19-22H,3-18H2,1-2H3/t19-,20-,21-,22-. The van der Waals surface area contributed by atoms with E-state index in [1.807, 2.05) is 6.92 Å². The molecule has 2 rings (SSSR count). The number of carbonyl (C=O) groups excluding carboxylic acids is 1. The van der Waals surface area contributed by atoms with Crippen LogP contribution in [0.3, 0.4) is 0 Å². The van der Waals surface area contributed by atoms with E-state index in [0.717, 1.165) is 37.0 Å². The molecule has 0 bridgehead atoms. The Morgan fingerprint density at radius 2 is 1.38 bits per heavy atom. The third-order valence-electron chi connectivity index (χ3n) is 6.68. The highest BCUT2D eigenvalue weighted by molar-refractivity contribution is 5.60. The molecule has 0 amide bonds. The van der Waals surface area contributed by atoms with Gasteiger partial charge < -0.3 is 9.47 Å². The second kappa shape index (κ2) is 12.6. The van der Waals surface area contributed by atoms with E-state index in [2.05, 4.69) is 6.92 Å². The molecular weight excluding hydrogens is 324 g/mol. The average Bonchev–Trinajstić information content (AvgIpc) is 2.67. The molecule has 0 aliphatic heterocycles. The lowest BCUT2D eigenvalue weighted by Crippen LogP contribution is -2.30. The molecule has 3 heteroatoms. The molecule has 0 aromatic heterocycles. The van der Waals surface area contributed by atoms with Gasteiger partial charge in [-0.15, -0.1) is 0 Å². The van der Waals surface area contributed by atoms with Gasteiger partial charge in [0.2, 0.25) is 0 Å². The fourth-order valence-electron chi connectivity index (χ4n) is 5.02. The molecule has 26 heavy (non-hydrogen) atoms. The molecule has 0 spiro atoms. The highest BCUT2D eigenvalue weighted by Gasteiger charge is 2.32. The zero-order valence-electron chi connectivity index (χ0n) is 17.3. The minimum absolute atomic E-state index is 0.0927. The van der Waals surface area contributed by atoms with Crippen molar-refractivity contribution in [1.29, 1.82) is 0 Å². The van der Waals surface area contributed by atoms with Crippen LogP contribution in [0.2, 0.25) is 0 Å². The molecule has 152 valence electrons. The van der Waals surface area contributed by atoms with Gasteiger partial charge in [0.1, 0.15) is 6.10 Å². The summed E-state index contributed by atoms with van der Waals surface area (Å²) in [7, 11) is 0. The molecule has 2 saturated carbocycles. The van der Waals surface area contributed by atoms with E-state index in [4.69, 9.17) is 9.47 Å². The first-order valence-electron chi connectivity index (χ1n) is 11.6. The lowest BCUT2D eigenvalue weighted by molar-refractivity contribution is -0.000377. The Morgan fingerprint density at radius 1 is 0.769 bits per heavy atom. The second-order valence-corrected chi connectivity index (χ2v) is 8.74. The van der Waals surface area contributed by atoms with Crippen LogP contribution in [-0.2, 0) is 9.47 Å². The van der Waals surface area contributed by atoms with Gasteiger partial charge in [-0.2, -0.15) is 0 Å². The van der Waals surface area contributed by atoms with Crippen LogP contribution >= 0.6 is 0 Å². The first-order valence-corrected chi connectivity index (χ1v) is 11.6. The lowest BCUT2D eigenvalue weighted by atomic mass is 9.70. The van der Waals surface area contributed by atoms with Crippen molar-refractivity contribution in [3.63, 3.8) is 0 Å². The maximum atomic E-state index is 11.6. The number of carbonyl (C=O) groups is 1. The van der Waals surface area contributed by atoms with Crippen LogP contribution in [0.1, 0.15) is 110 Å². The Morgan fingerprint density at radius 3 is 2.00 bits per heavy atom. The Bertz CT molecular complexity index is 366. The molecule has 0 aromatic carbocycles. The van der Waals surface area contributed by atoms with Gasteiger partial charge in [-0.1, -0.05) is 65.2 Å². The van der Waals surface area contributed by atoms with Crippen molar-refractivity contribution in [3.8, 4) is 0 Å². The summed E-state index contributed by atoms with van der Waals surface area (Å²) in [5.41, 5.74) is 0. The SMILES string of the molecule is CCCCCCC[C@H]1CC[C@H]([C@H]2CC[C@H](OC(=O)OCCC)CC2)CC1. The first-order chi connectivity index (χ1) is 12.7. The number of hydrogen-bond acceptors (Lipinski definition) is 3. The van der Waals surface area contributed by atoms with Gasteiger partial charge in [0.25, 0.3) is 0 Å². The maximum absolute atomic E-state index is 11.6. The number of ether oxygens (including phenoxy) is 2. The molecule has 2 fully saturated rings. The summed E-state index contributed by atoms with van der Waals surface area (Å²) < 4.78 is 10.5. The fraction of sp³-hybridized carbons (Fsp3) is 0.957. The molecule has 0 saturated heterocycles. The van der Waals surface area contributed by atoms with E-state index < -0.39 is 6.16 Å². The van der Waals surface area contributed by atoms with Gasteiger partial charge in [0.05, 0.1) is 6.61 Å². The van der Waals surface area contributed by atoms with Gasteiger partial charge in [-0.05, 0) is 62.7 Å². The maximum Gasteiger partial charge on any atom is 0.508 e. The molecular formula is C23H42O3. The summed E-state index contributed by atoms with van der Waals surface area (Å²) in [5, 5.41) is 0. The smallest absolute Gasteiger partial charge is 0.434 e. The van der Waals surface area contributed by atoms with Crippen LogP contribution in [0.5, 0.6) is 0 Å². The molecule has 2 aliphatic rings. The van der Waals surface area contributed by atoms with Crippen LogP contribution in [0, 0.1) is 17.8 Å². The van der Waals surface area contributed by atoms with Crippen LogP contribution in [0.25, 0.3) is 0 Å². The molecule has 0 atom stereocenters. The molecule has 0 N–H and O–H groups in total. The largest absolute Gasteiger partial charge is 0.508 e. The quantitative estimate of drug-likeness (QED) is 0.301. The summed E-state index contributed by atoms with van der Waals surface area (Å²) in [5.74, 6) is 2.80. The zero-order chi connectivity index (χ0) is 18.6. The van der Waals surface area contributed by atoms with Gasteiger partial charge in [0.15, 0.2) is 0 Å². The van der Waals surface area contributed by atoms with Crippen LogP contribution in [0.15, 0.2) is 0 Å². The third kappa shape index (κ3) is 7.88. The van der Waals surface area contributed by atoms with E-state index in [0.29, 0.717) is 6.61 Å². The van der Waals surface area contributed by atoms with E-state index >= 15 is 0 Å². The Kier molecular flexibility index (Phi) is 10.5. The van der Waals surface area contributed by atoms with Gasteiger partial charge in [-0.3, -0.25) is 0 Å². The van der Waals surface area contributed by atoms with Crippen LogP contribution in [-0.4, -0.2) is 18.9 Å². The normalized spacial score (nSPS) is 29.3. The number of rotatable bonds is 10. The lowest BCUT2D eigenvalue weighted by Gasteiger charge is -2.37. The zero-order valence-corrected chi connectivity index (χ0v) is 17.3. The highest BCUT2D eigenvalue weighted by Crippen LogP contribution is 2.41. The Balaban J connectivity index is 1.56. The van der Waals surface area contributed by atoms with Gasteiger partial charge in [0, 0.05) is 0 Å². The van der Waals surface area contributed by atoms with Crippen molar-refractivity contribution in [2.45, 2.75) is 116 Å². The summed E-state index contributed by atoms with van der Waals surface area (Å²) in [6.45, 7) is 4.76. The number of hydrogen-bond donors (Lipinski definition) is 0. The topological polar surface area (TPSA) is 35.5 Å². The molecule has 3 nitrogen and oxygen atoms in total. The van der Waals surface area contributed by atoms with Gasteiger partial charge >= 0.3 is 6.16 Å². The van der Waals surface area contributed by atoms with Crippen LogP contribution in [0.4, 0.5) is 4.79 Å². The molecule has 0 aromatic rings. The first kappa shape index (κ1) is 21.6. The molecule has 0 radical (unpaired) electrons. The van der Waals surface area contributed by atoms with Crippen molar-refractivity contribution in [1.82, 2.24) is 0 Å².